The second-order valence-corrected chi connectivity index (χ2v) is 23.2. The average molecular weight is 1010 g/mol. The second-order valence-electron chi connectivity index (χ2n) is 21.7. The number of rotatable bonds is 56. The number of unbranched alkanes of at least 4 members (excludes halogenated alkanes) is 38. The first-order valence-corrected chi connectivity index (χ1v) is 31.6. The molecule has 2 atom stereocenters. The van der Waals surface area contributed by atoms with Crippen molar-refractivity contribution in [2.45, 2.75) is 302 Å². The Morgan fingerprint density at radius 1 is 0.429 bits per heavy atom. The maximum Gasteiger partial charge on any atom is 0.472 e. The molecule has 0 amide bonds. The Bertz CT molecular complexity index is 1240. The normalized spacial score (nSPS) is 13.4. The van der Waals surface area contributed by atoms with Crippen molar-refractivity contribution < 1.29 is 42.1 Å². The summed E-state index contributed by atoms with van der Waals surface area (Å²) in [6, 6.07) is 0. The molecule has 0 aromatic rings. The molecule has 0 radical (unpaired) electrons. The van der Waals surface area contributed by atoms with E-state index in [0.717, 1.165) is 44.9 Å². The Morgan fingerprint density at radius 3 is 1.14 bits per heavy atom. The summed E-state index contributed by atoms with van der Waals surface area (Å²) in [5.74, 6) is -0.830. The van der Waals surface area contributed by atoms with Crippen LogP contribution in [0.3, 0.4) is 0 Å². The Hall–Kier alpha value is -1.51. The average Bonchev–Trinajstić information content (AvgIpc) is 3.32. The molecular weight excluding hydrogens is 894 g/mol. The molecule has 0 heterocycles. The number of phosphoric acid groups is 1. The molecule has 0 rings (SSSR count). The number of phosphoric ester groups is 1. The van der Waals surface area contributed by atoms with E-state index in [1.807, 2.05) is 21.1 Å². The first kappa shape index (κ1) is 68.5. The number of ether oxygens (including phenoxy) is 2. The van der Waals surface area contributed by atoms with E-state index in [9.17, 15) is 19.0 Å². The van der Waals surface area contributed by atoms with Crippen molar-refractivity contribution in [3.8, 4) is 0 Å². The van der Waals surface area contributed by atoms with Crippen molar-refractivity contribution >= 4 is 19.8 Å². The number of allylic oxidation sites excluding steroid dienone is 4. The monoisotopic (exact) mass is 1010 g/mol. The molecule has 1 unspecified atom stereocenters. The molecule has 0 aliphatic carbocycles. The van der Waals surface area contributed by atoms with E-state index in [0.29, 0.717) is 17.4 Å². The van der Waals surface area contributed by atoms with Gasteiger partial charge in [0.15, 0.2) is 6.10 Å². The molecule has 10 heteroatoms. The van der Waals surface area contributed by atoms with E-state index in [1.54, 1.807) is 0 Å². The first-order chi connectivity index (χ1) is 34.0. The lowest BCUT2D eigenvalue weighted by Gasteiger charge is -2.24. The number of nitrogens with zero attached hydrogens (tertiary/aromatic N) is 1. The third-order valence-electron chi connectivity index (χ3n) is 13.5. The van der Waals surface area contributed by atoms with Crippen molar-refractivity contribution in [3.05, 3.63) is 24.3 Å². The van der Waals surface area contributed by atoms with E-state index in [-0.39, 0.29) is 32.0 Å². The molecule has 414 valence electrons. The van der Waals surface area contributed by atoms with Crippen molar-refractivity contribution in [2.24, 2.45) is 0 Å². The zero-order valence-corrected chi connectivity index (χ0v) is 47.9. The Kier molecular flexibility index (Phi) is 51.2. The molecule has 0 aromatic carbocycles. The van der Waals surface area contributed by atoms with Gasteiger partial charge in [0.2, 0.25) is 0 Å². The van der Waals surface area contributed by atoms with E-state index in [4.69, 9.17) is 18.5 Å². The molecule has 0 fully saturated rings. The summed E-state index contributed by atoms with van der Waals surface area (Å²) in [4.78, 5) is 35.7. The molecule has 9 nitrogen and oxygen atoms in total. The predicted octanol–water partition coefficient (Wildman–Crippen LogP) is 18.6. The van der Waals surface area contributed by atoms with Gasteiger partial charge in [-0.2, -0.15) is 0 Å². The number of esters is 2. The minimum atomic E-state index is -4.39. The summed E-state index contributed by atoms with van der Waals surface area (Å²) >= 11 is 0. The molecule has 0 aliphatic heterocycles. The van der Waals surface area contributed by atoms with E-state index >= 15 is 0 Å². The predicted molar refractivity (Wildman–Crippen MR) is 298 cm³/mol. The molecular formula is C60H117NO8P+. The van der Waals surface area contributed by atoms with Gasteiger partial charge in [0.25, 0.3) is 0 Å². The van der Waals surface area contributed by atoms with Gasteiger partial charge in [0.1, 0.15) is 19.8 Å². The summed E-state index contributed by atoms with van der Waals surface area (Å²) in [6.45, 7) is 4.45. The number of hydrogen-bond acceptors (Lipinski definition) is 7. The molecule has 0 aromatic heterocycles. The van der Waals surface area contributed by atoms with Gasteiger partial charge < -0.3 is 18.9 Å². The lowest BCUT2D eigenvalue weighted by Crippen LogP contribution is -2.37. The minimum Gasteiger partial charge on any atom is -0.462 e. The summed E-state index contributed by atoms with van der Waals surface area (Å²) in [7, 11) is 1.47. The van der Waals surface area contributed by atoms with Gasteiger partial charge in [0, 0.05) is 12.8 Å². The van der Waals surface area contributed by atoms with Crippen LogP contribution in [0.5, 0.6) is 0 Å². The Morgan fingerprint density at radius 2 is 0.757 bits per heavy atom. The second kappa shape index (κ2) is 52.4. The molecule has 0 saturated carbocycles. The molecule has 0 saturated heterocycles. The maximum absolute atomic E-state index is 12.8. The number of carbonyl (C=O) groups excluding carboxylic acids is 2. The molecule has 0 spiro atoms. The summed E-state index contributed by atoms with van der Waals surface area (Å²) in [5.41, 5.74) is 0. The van der Waals surface area contributed by atoms with Crippen molar-refractivity contribution in [2.75, 3.05) is 47.5 Å². The summed E-state index contributed by atoms with van der Waals surface area (Å²) in [6.07, 6.45) is 62.7. The van der Waals surface area contributed by atoms with Gasteiger partial charge in [-0.25, -0.2) is 4.57 Å². The highest BCUT2D eigenvalue weighted by atomic mass is 31.2. The topological polar surface area (TPSA) is 108 Å². The minimum absolute atomic E-state index is 0.0274. The molecule has 70 heavy (non-hydrogen) atoms. The fourth-order valence-electron chi connectivity index (χ4n) is 8.80. The molecule has 0 bridgehead atoms. The van der Waals surface area contributed by atoms with E-state index < -0.39 is 26.5 Å². The van der Waals surface area contributed by atoms with Crippen LogP contribution in [0.15, 0.2) is 24.3 Å². The number of carbonyl (C=O) groups is 2. The SMILES string of the molecule is CCCCCCCCCCCCCCCC/C=C/CC/C=C/CCCC(=O)O[C@H](COC(=O)CCCCCCCCCCCCCCCCCCCCCCCCC)COP(=O)(O)OCC[N+](C)(C)C. The van der Waals surface area contributed by atoms with E-state index in [1.165, 1.54) is 218 Å². The number of quaternary nitrogens is 1. The van der Waals surface area contributed by atoms with Gasteiger partial charge in [-0.1, -0.05) is 263 Å². The van der Waals surface area contributed by atoms with Crippen LogP contribution in [0.25, 0.3) is 0 Å². The van der Waals surface area contributed by atoms with Gasteiger partial charge in [-0.05, 0) is 44.9 Å². The quantitative estimate of drug-likeness (QED) is 0.0211. The third kappa shape index (κ3) is 55.8. The van der Waals surface area contributed by atoms with Crippen LogP contribution >= 0.6 is 7.82 Å². The van der Waals surface area contributed by atoms with Crippen molar-refractivity contribution in [1.82, 2.24) is 0 Å². The molecule has 1 N–H and O–H groups in total. The van der Waals surface area contributed by atoms with E-state index in [2.05, 4.69) is 38.2 Å². The van der Waals surface area contributed by atoms with Gasteiger partial charge in [0.05, 0.1) is 27.7 Å². The Balaban J connectivity index is 4.16. The van der Waals surface area contributed by atoms with Crippen molar-refractivity contribution in [1.29, 1.82) is 0 Å². The molecule has 0 aliphatic rings. The fourth-order valence-corrected chi connectivity index (χ4v) is 9.54. The highest BCUT2D eigenvalue weighted by Crippen LogP contribution is 2.43. The van der Waals surface area contributed by atoms with Gasteiger partial charge >= 0.3 is 19.8 Å². The third-order valence-corrected chi connectivity index (χ3v) is 14.4. The summed E-state index contributed by atoms with van der Waals surface area (Å²) < 4.78 is 34.5. The Labute approximate surface area is 434 Å². The number of hydrogen-bond donors (Lipinski definition) is 1. The highest BCUT2D eigenvalue weighted by Gasteiger charge is 2.27. The maximum atomic E-state index is 12.8. The van der Waals surface area contributed by atoms with Crippen LogP contribution in [-0.2, 0) is 32.7 Å². The van der Waals surface area contributed by atoms with Gasteiger partial charge in [-0.3, -0.25) is 18.6 Å². The lowest BCUT2D eigenvalue weighted by atomic mass is 10.0. The van der Waals surface area contributed by atoms with Crippen LogP contribution in [0.4, 0.5) is 0 Å². The van der Waals surface area contributed by atoms with Gasteiger partial charge in [-0.15, -0.1) is 0 Å². The lowest BCUT2D eigenvalue weighted by molar-refractivity contribution is -0.870. The van der Waals surface area contributed by atoms with Crippen LogP contribution in [0.1, 0.15) is 296 Å². The fraction of sp³-hybridized carbons (Fsp3) is 0.900. The van der Waals surface area contributed by atoms with Crippen LogP contribution in [0.2, 0.25) is 0 Å². The van der Waals surface area contributed by atoms with Crippen molar-refractivity contribution in [3.63, 3.8) is 0 Å². The zero-order chi connectivity index (χ0) is 51.3. The van der Waals surface area contributed by atoms with Crippen LogP contribution in [0, 0.1) is 0 Å². The highest BCUT2D eigenvalue weighted by molar-refractivity contribution is 7.47. The first-order valence-electron chi connectivity index (χ1n) is 30.1. The van der Waals surface area contributed by atoms with Crippen LogP contribution in [-0.4, -0.2) is 74.9 Å². The zero-order valence-electron chi connectivity index (χ0n) is 47.0. The summed E-state index contributed by atoms with van der Waals surface area (Å²) in [5, 5.41) is 0. The number of likely N-dealkylation sites (N-methyl/N-ethyl adjacent to an activating group) is 1. The standard InChI is InChI=1S/C60H116NO8P/c1-6-8-10-12-14-16-18-20-22-24-26-28-30-32-34-36-38-40-42-44-46-48-50-52-59(62)66-56-58(57-68-70(64,65)67-55-54-61(3,4)5)69-60(63)53-51-49-47-45-43-41-39-37-35-33-31-29-27-25-23-21-19-17-15-13-11-9-7-2/h37,39,45,47,58H,6-36,38,40-44,46,48-57H2,1-5H3/p+1/b39-37+,47-45+/t58-/m1/s1. The largest absolute Gasteiger partial charge is 0.472 e. The smallest absolute Gasteiger partial charge is 0.462 e. The van der Waals surface area contributed by atoms with Crippen LogP contribution < -0.4 is 0 Å².